The number of thiazole rings is 1. The summed E-state index contributed by atoms with van der Waals surface area (Å²) >= 11 is 1.54. The first-order chi connectivity index (χ1) is 9.36. The van der Waals surface area contributed by atoms with Crippen molar-refractivity contribution < 1.29 is 9.51 Å². The van der Waals surface area contributed by atoms with Crippen LogP contribution < -0.4 is 4.40 Å². The van der Waals surface area contributed by atoms with E-state index in [4.69, 9.17) is 0 Å². The van der Waals surface area contributed by atoms with Crippen LogP contribution in [0.25, 0.3) is 21.7 Å². The average Bonchev–Trinajstić information content (AvgIpc) is 2.98. The molecular weight excluding hydrogens is 256 g/mol. The molecule has 2 aromatic heterocycles. The molecule has 4 aromatic rings. The lowest BCUT2D eigenvalue weighted by Crippen LogP contribution is -2.16. The number of para-hydroxylation sites is 3. The third kappa shape index (κ3) is 1.40. The Morgan fingerprint density at radius 2 is 1.68 bits per heavy atom. The third-order valence-electron chi connectivity index (χ3n) is 3.26. The maximum Gasteiger partial charge on any atom is 0.355 e. The Balaban J connectivity index is 2.24. The second-order valence-electron chi connectivity index (χ2n) is 4.37. The third-order valence-corrected chi connectivity index (χ3v) is 4.16. The molecule has 0 saturated carbocycles. The summed E-state index contributed by atoms with van der Waals surface area (Å²) in [5.41, 5.74) is 3.21. The van der Waals surface area contributed by atoms with E-state index in [2.05, 4.69) is 22.8 Å². The lowest BCUT2D eigenvalue weighted by molar-refractivity contribution is -0.488. The highest BCUT2D eigenvalue weighted by atomic mass is 32.1. The molecular formula is C15H11N2OS+. The molecule has 0 aliphatic heterocycles. The van der Waals surface area contributed by atoms with E-state index in [-0.39, 0.29) is 5.88 Å². The minimum atomic E-state index is 0.283. The van der Waals surface area contributed by atoms with Crippen LogP contribution in [0.5, 0.6) is 5.88 Å². The van der Waals surface area contributed by atoms with Gasteiger partial charge in [0.2, 0.25) is 0 Å². The van der Waals surface area contributed by atoms with Gasteiger partial charge in [0.15, 0.2) is 11.0 Å². The summed E-state index contributed by atoms with van der Waals surface area (Å²) in [4.78, 5) is 1.00. The maximum atomic E-state index is 10.0. The Bertz CT molecular complexity index is 877. The number of fused-ring (bicyclic) bond motifs is 3. The summed E-state index contributed by atoms with van der Waals surface area (Å²) in [5.74, 6) is 0.283. The predicted molar refractivity (Wildman–Crippen MR) is 76.0 cm³/mol. The Kier molecular flexibility index (Phi) is 2.13. The van der Waals surface area contributed by atoms with E-state index in [0.717, 1.165) is 21.7 Å². The van der Waals surface area contributed by atoms with Gasteiger partial charge in [0.25, 0.3) is 5.88 Å². The van der Waals surface area contributed by atoms with Gasteiger partial charge in [0, 0.05) is 0 Å². The van der Waals surface area contributed by atoms with E-state index in [0.29, 0.717) is 0 Å². The fourth-order valence-corrected chi connectivity index (χ4v) is 3.38. The van der Waals surface area contributed by atoms with Crippen molar-refractivity contribution in [1.29, 1.82) is 0 Å². The fraction of sp³-hybridized carbons (Fsp3) is 0. The number of aromatic hydroxyl groups is 1. The Labute approximate surface area is 113 Å². The van der Waals surface area contributed by atoms with Gasteiger partial charge in [-0.25, -0.2) is 0 Å². The zero-order chi connectivity index (χ0) is 12.8. The maximum absolute atomic E-state index is 10.0. The van der Waals surface area contributed by atoms with Gasteiger partial charge in [0.1, 0.15) is 5.69 Å². The Morgan fingerprint density at radius 3 is 2.53 bits per heavy atom. The average molecular weight is 267 g/mol. The molecule has 0 bridgehead atoms. The van der Waals surface area contributed by atoms with Crippen molar-refractivity contribution in [2.75, 3.05) is 0 Å². The van der Waals surface area contributed by atoms with Crippen molar-refractivity contribution in [1.82, 2.24) is 4.57 Å². The SMILES string of the molecule is Oc1csc2n(-c3ccccc3)c3ccccc3[n+]12. The van der Waals surface area contributed by atoms with E-state index >= 15 is 0 Å². The van der Waals surface area contributed by atoms with Crippen LogP contribution in [0.1, 0.15) is 0 Å². The van der Waals surface area contributed by atoms with E-state index in [9.17, 15) is 5.11 Å². The van der Waals surface area contributed by atoms with Gasteiger partial charge in [-0.3, -0.25) is 0 Å². The fourth-order valence-electron chi connectivity index (χ4n) is 2.46. The molecule has 4 heteroatoms. The highest BCUT2D eigenvalue weighted by Gasteiger charge is 2.24. The van der Waals surface area contributed by atoms with Crippen molar-refractivity contribution in [3.8, 4) is 11.6 Å². The van der Waals surface area contributed by atoms with Gasteiger partial charge >= 0.3 is 4.96 Å². The van der Waals surface area contributed by atoms with E-state index < -0.39 is 0 Å². The molecule has 0 saturated heterocycles. The summed E-state index contributed by atoms with van der Waals surface area (Å²) in [6, 6.07) is 18.3. The van der Waals surface area contributed by atoms with E-state index in [1.54, 1.807) is 5.38 Å². The molecule has 4 rings (SSSR count). The lowest BCUT2D eigenvalue weighted by atomic mass is 10.3. The van der Waals surface area contributed by atoms with Crippen molar-refractivity contribution >= 4 is 27.3 Å². The van der Waals surface area contributed by atoms with Crippen molar-refractivity contribution in [3.63, 3.8) is 0 Å². The lowest BCUT2D eigenvalue weighted by Gasteiger charge is -1.96. The molecule has 1 N–H and O–H groups in total. The zero-order valence-corrected chi connectivity index (χ0v) is 10.8. The molecule has 2 heterocycles. The van der Waals surface area contributed by atoms with Crippen LogP contribution in [-0.4, -0.2) is 9.67 Å². The van der Waals surface area contributed by atoms with Crippen molar-refractivity contribution in [3.05, 3.63) is 60.0 Å². The summed E-state index contributed by atoms with van der Waals surface area (Å²) in [6.45, 7) is 0. The number of rotatable bonds is 1. The summed E-state index contributed by atoms with van der Waals surface area (Å²) in [7, 11) is 0. The number of hydrogen-bond donors (Lipinski definition) is 1. The number of nitrogens with zero attached hydrogens (tertiary/aromatic N) is 2. The Hall–Kier alpha value is -2.33. The van der Waals surface area contributed by atoms with E-state index in [1.807, 2.05) is 40.8 Å². The van der Waals surface area contributed by atoms with Gasteiger partial charge < -0.3 is 5.11 Å². The summed E-state index contributed by atoms with van der Waals surface area (Å²) in [6.07, 6.45) is 0. The van der Waals surface area contributed by atoms with Crippen LogP contribution in [0, 0.1) is 0 Å². The molecule has 0 fully saturated rings. The molecule has 0 atom stereocenters. The van der Waals surface area contributed by atoms with Crippen LogP contribution in [-0.2, 0) is 0 Å². The first-order valence-corrected chi connectivity index (χ1v) is 6.91. The minimum absolute atomic E-state index is 0.283. The van der Waals surface area contributed by atoms with Crippen LogP contribution in [0.15, 0.2) is 60.0 Å². The van der Waals surface area contributed by atoms with Crippen molar-refractivity contribution in [2.45, 2.75) is 0 Å². The van der Waals surface area contributed by atoms with Crippen molar-refractivity contribution in [2.24, 2.45) is 0 Å². The van der Waals surface area contributed by atoms with Crippen LogP contribution in [0.4, 0.5) is 0 Å². The van der Waals surface area contributed by atoms with Gasteiger partial charge in [-0.1, -0.05) is 30.3 Å². The van der Waals surface area contributed by atoms with Gasteiger partial charge in [-0.05, 0) is 35.6 Å². The zero-order valence-electron chi connectivity index (χ0n) is 10.0. The molecule has 19 heavy (non-hydrogen) atoms. The monoisotopic (exact) mass is 267 g/mol. The minimum Gasteiger partial charge on any atom is -0.477 e. The topological polar surface area (TPSA) is 29.3 Å². The molecule has 0 aliphatic carbocycles. The van der Waals surface area contributed by atoms with Crippen LogP contribution >= 0.6 is 11.3 Å². The first-order valence-electron chi connectivity index (χ1n) is 6.03. The molecule has 3 nitrogen and oxygen atoms in total. The van der Waals surface area contributed by atoms with Crippen LogP contribution in [0.2, 0.25) is 0 Å². The smallest absolute Gasteiger partial charge is 0.355 e. The Morgan fingerprint density at radius 1 is 0.947 bits per heavy atom. The van der Waals surface area contributed by atoms with Crippen LogP contribution in [0.3, 0.4) is 0 Å². The highest BCUT2D eigenvalue weighted by molar-refractivity contribution is 7.14. The normalized spacial score (nSPS) is 11.4. The second kappa shape index (κ2) is 3.83. The summed E-state index contributed by atoms with van der Waals surface area (Å²) < 4.78 is 4.05. The first kappa shape index (κ1) is 10.6. The molecule has 0 amide bonds. The predicted octanol–water partition coefficient (Wildman–Crippen LogP) is 3.14. The molecule has 0 spiro atoms. The summed E-state index contributed by atoms with van der Waals surface area (Å²) in [5, 5.41) is 11.8. The number of benzene rings is 2. The highest BCUT2D eigenvalue weighted by Crippen LogP contribution is 2.26. The molecule has 0 unspecified atom stereocenters. The second-order valence-corrected chi connectivity index (χ2v) is 5.21. The van der Waals surface area contributed by atoms with Gasteiger partial charge in [-0.2, -0.15) is 4.57 Å². The van der Waals surface area contributed by atoms with E-state index in [1.165, 1.54) is 11.3 Å². The largest absolute Gasteiger partial charge is 0.477 e. The molecule has 0 radical (unpaired) electrons. The van der Waals surface area contributed by atoms with Gasteiger partial charge in [-0.15, -0.1) is 4.40 Å². The van der Waals surface area contributed by atoms with Gasteiger partial charge in [0.05, 0.1) is 5.38 Å². The quantitative estimate of drug-likeness (QED) is 0.527. The number of imidazole rings is 1. The standard InChI is InChI=1S/C15H10N2OS/c18-14-10-19-15-16(11-6-2-1-3-7-11)12-8-4-5-9-13(12)17(14)15/h1-10H/p+1. The molecule has 0 aliphatic rings. The number of hydrogen-bond acceptors (Lipinski definition) is 2. The molecule has 2 aromatic carbocycles. The number of aromatic nitrogens is 2. The molecule has 92 valence electrons.